The second-order valence-electron chi connectivity index (χ2n) is 5.27. The zero-order valence-electron chi connectivity index (χ0n) is 11.6. The summed E-state index contributed by atoms with van der Waals surface area (Å²) >= 11 is 0. The number of hydrogen-bond donors (Lipinski definition) is 1. The fourth-order valence-corrected chi connectivity index (χ4v) is 1.56. The number of carboxylic acid groups (broad SMARTS) is 1. The summed E-state index contributed by atoms with van der Waals surface area (Å²) in [4.78, 5) is 24.2. The number of nitrogens with zero attached hydrogens (tertiary/aromatic N) is 3. The molecule has 0 saturated carbocycles. The Balaban J connectivity index is 2.83. The number of carbonyl (C=O) groups is 2. The van der Waals surface area contributed by atoms with Crippen molar-refractivity contribution >= 4 is 18.0 Å². The molecule has 1 aromatic heterocycles. The minimum atomic E-state index is -1.03. The second-order valence-corrected chi connectivity index (χ2v) is 5.27. The first-order valence-electron chi connectivity index (χ1n) is 5.90. The van der Waals surface area contributed by atoms with Crippen LogP contribution in [-0.2, 0) is 16.6 Å². The summed E-state index contributed by atoms with van der Waals surface area (Å²) in [6.45, 7) is 5.07. The minimum Gasteiger partial charge on any atom is -0.480 e. The molecule has 0 fully saturated rings. The highest BCUT2D eigenvalue weighted by molar-refractivity contribution is 5.94. The summed E-state index contributed by atoms with van der Waals surface area (Å²) in [5.41, 5.74) is 0.245. The number of amides is 1. The lowest BCUT2D eigenvalue weighted by molar-refractivity contribution is -0.145. The standard InChI is InChI=1S/C13H19N3O3/c1-13(2,3)16(9-12(18)19)11(17)6-5-10-7-14-15(4)8-10/h5-8H,9H2,1-4H3,(H,18,19). The predicted octanol–water partition coefficient (Wildman–Crippen LogP) is 1.14. The predicted molar refractivity (Wildman–Crippen MR) is 71.3 cm³/mol. The number of aromatic nitrogens is 2. The molecule has 1 N–H and O–H groups in total. The average molecular weight is 265 g/mol. The van der Waals surface area contributed by atoms with Gasteiger partial charge in [0.05, 0.1) is 6.20 Å². The monoisotopic (exact) mass is 265 g/mol. The van der Waals surface area contributed by atoms with Crippen molar-refractivity contribution in [2.45, 2.75) is 26.3 Å². The topological polar surface area (TPSA) is 75.4 Å². The van der Waals surface area contributed by atoms with E-state index in [4.69, 9.17) is 5.11 Å². The third-order valence-electron chi connectivity index (χ3n) is 2.51. The molecule has 0 saturated heterocycles. The zero-order valence-corrected chi connectivity index (χ0v) is 11.6. The number of hydrogen-bond acceptors (Lipinski definition) is 3. The summed E-state index contributed by atoms with van der Waals surface area (Å²) in [6.07, 6.45) is 6.38. The van der Waals surface area contributed by atoms with E-state index < -0.39 is 11.5 Å². The molecule has 1 aromatic rings. The fraction of sp³-hybridized carbons (Fsp3) is 0.462. The van der Waals surface area contributed by atoms with Gasteiger partial charge >= 0.3 is 5.97 Å². The number of carboxylic acids is 1. The first-order valence-corrected chi connectivity index (χ1v) is 5.90. The van der Waals surface area contributed by atoms with Gasteiger partial charge in [0.2, 0.25) is 5.91 Å². The Morgan fingerprint density at radius 2 is 2.11 bits per heavy atom. The molecule has 0 spiro atoms. The van der Waals surface area contributed by atoms with Crippen molar-refractivity contribution in [2.24, 2.45) is 7.05 Å². The van der Waals surface area contributed by atoms with Crippen LogP contribution < -0.4 is 0 Å². The summed E-state index contributed by atoms with van der Waals surface area (Å²) in [6, 6.07) is 0. The zero-order chi connectivity index (χ0) is 14.6. The molecule has 0 aliphatic heterocycles. The molecule has 1 heterocycles. The van der Waals surface area contributed by atoms with Crippen LogP contribution in [0.25, 0.3) is 6.08 Å². The van der Waals surface area contributed by atoms with Gasteiger partial charge in [0.1, 0.15) is 6.54 Å². The Morgan fingerprint density at radius 3 is 2.53 bits per heavy atom. The lowest BCUT2D eigenvalue weighted by Crippen LogP contribution is -2.47. The molecule has 0 bridgehead atoms. The van der Waals surface area contributed by atoms with E-state index in [0.29, 0.717) is 0 Å². The maximum atomic E-state index is 12.1. The van der Waals surface area contributed by atoms with E-state index in [9.17, 15) is 9.59 Å². The van der Waals surface area contributed by atoms with Crippen molar-refractivity contribution in [3.05, 3.63) is 24.0 Å². The first-order chi connectivity index (χ1) is 8.70. The van der Waals surface area contributed by atoms with Crippen LogP contribution in [0.5, 0.6) is 0 Å². The first kappa shape index (κ1) is 14.9. The van der Waals surface area contributed by atoms with E-state index in [2.05, 4.69) is 5.10 Å². The highest BCUT2D eigenvalue weighted by Crippen LogP contribution is 2.14. The molecule has 6 nitrogen and oxygen atoms in total. The van der Waals surface area contributed by atoms with Crippen molar-refractivity contribution in [3.63, 3.8) is 0 Å². The normalized spacial score (nSPS) is 11.8. The lowest BCUT2D eigenvalue weighted by Gasteiger charge is -2.33. The van der Waals surface area contributed by atoms with Crippen LogP contribution in [0.4, 0.5) is 0 Å². The highest BCUT2D eigenvalue weighted by Gasteiger charge is 2.26. The Bertz CT molecular complexity index is 497. The maximum Gasteiger partial charge on any atom is 0.323 e. The van der Waals surface area contributed by atoms with Crippen LogP contribution in [0.2, 0.25) is 0 Å². The van der Waals surface area contributed by atoms with E-state index in [0.717, 1.165) is 5.56 Å². The minimum absolute atomic E-state index is 0.320. The van der Waals surface area contributed by atoms with Gasteiger partial charge in [0, 0.05) is 30.4 Å². The molecule has 1 rings (SSSR count). The Kier molecular flexibility index (Phi) is 4.47. The molecule has 6 heteroatoms. The van der Waals surface area contributed by atoms with E-state index in [1.165, 1.54) is 11.0 Å². The quantitative estimate of drug-likeness (QED) is 0.828. The van der Waals surface area contributed by atoms with Gasteiger partial charge in [-0.05, 0) is 26.8 Å². The van der Waals surface area contributed by atoms with Crippen LogP contribution in [-0.4, -0.2) is 43.7 Å². The Labute approximate surface area is 112 Å². The van der Waals surface area contributed by atoms with Crippen molar-refractivity contribution in [3.8, 4) is 0 Å². The van der Waals surface area contributed by atoms with Crippen LogP contribution in [0.3, 0.4) is 0 Å². The van der Waals surface area contributed by atoms with Crippen LogP contribution in [0.1, 0.15) is 26.3 Å². The van der Waals surface area contributed by atoms with E-state index in [1.54, 1.807) is 51.0 Å². The van der Waals surface area contributed by atoms with E-state index in [-0.39, 0.29) is 12.5 Å². The Morgan fingerprint density at radius 1 is 1.47 bits per heavy atom. The maximum absolute atomic E-state index is 12.1. The summed E-state index contributed by atoms with van der Waals surface area (Å²) < 4.78 is 1.63. The second kappa shape index (κ2) is 5.69. The third-order valence-corrected chi connectivity index (χ3v) is 2.51. The third kappa shape index (κ3) is 4.57. The highest BCUT2D eigenvalue weighted by atomic mass is 16.4. The van der Waals surface area contributed by atoms with Gasteiger partial charge in [-0.2, -0.15) is 5.10 Å². The van der Waals surface area contributed by atoms with Crippen molar-refractivity contribution in [2.75, 3.05) is 6.54 Å². The molecule has 0 atom stereocenters. The van der Waals surface area contributed by atoms with Crippen molar-refractivity contribution in [1.29, 1.82) is 0 Å². The SMILES string of the molecule is Cn1cc(C=CC(=O)N(CC(=O)O)C(C)(C)C)cn1. The number of aryl methyl sites for hydroxylation is 1. The smallest absolute Gasteiger partial charge is 0.323 e. The van der Waals surface area contributed by atoms with Crippen molar-refractivity contribution < 1.29 is 14.7 Å². The Hall–Kier alpha value is -2.11. The molecule has 0 aliphatic rings. The van der Waals surface area contributed by atoms with E-state index in [1.807, 2.05) is 0 Å². The molecule has 0 aliphatic carbocycles. The molecule has 1 amide bonds. The molecule has 0 unspecified atom stereocenters. The van der Waals surface area contributed by atoms with Gasteiger partial charge in [0.15, 0.2) is 0 Å². The van der Waals surface area contributed by atoms with Gasteiger partial charge in [0.25, 0.3) is 0 Å². The molecular weight excluding hydrogens is 246 g/mol. The van der Waals surface area contributed by atoms with E-state index >= 15 is 0 Å². The van der Waals surface area contributed by atoms with Gasteiger partial charge in [-0.15, -0.1) is 0 Å². The molecule has 0 radical (unpaired) electrons. The van der Waals surface area contributed by atoms with Crippen molar-refractivity contribution in [1.82, 2.24) is 14.7 Å². The molecule has 0 aromatic carbocycles. The lowest BCUT2D eigenvalue weighted by atomic mass is 10.1. The largest absolute Gasteiger partial charge is 0.480 e. The summed E-state index contributed by atoms with van der Waals surface area (Å²) in [7, 11) is 1.78. The van der Waals surface area contributed by atoms with Gasteiger partial charge in [-0.3, -0.25) is 14.3 Å². The molecule has 104 valence electrons. The number of aliphatic carboxylic acids is 1. The van der Waals surface area contributed by atoms with Crippen LogP contribution in [0, 0.1) is 0 Å². The van der Waals surface area contributed by atoms with Gasteiger partial charge < -0.3 is 10.0 Å². The van der Waals surface area contributed by atoms with Crippen LogP contribution in [0.15, 0.2) is 18.5 Å². The van der Waals surface area contributed by atoms with Gasteiger partial charge in [-0.25, -0.2) is 0 Å². The number of carbonyl (C=O) groups excluding carboxylic acids is 1. The molecule has 19 heavy (non-hydrogen) atoms. The van der Waals surface area contributed by atoms with Gasteiger partial charge in [-0.1, -0.05) is 0 Å². The molecular formula is C13H19N3O3. The summed E-state index contributed by atoms with van der Waals surface area (Å²) in [5.74, 6) is -1.36. The van der Waals surface area contributed by atoms with Crippen LogP contribution >= 0.6 is 0 Å². The fourth-order valence-electron chi connectivity index (χ4n) is 1.56. The average Bonchev–Trinajstić information content (AvgIpc) is 2.67. The summed E-state index contributed by atoms with van der Waals surface area (Å²) in [5, 5.41) is 12.8. The number of rotatable bonds is 4.